The van der Waals surface area contributed by atoms with E-state index in [4.69, 9.17) is 0 Å². The van der Waals surface area contributed by atoms with E-state index >= 15 is 0 Å². The Bertz CT molecular complexity index is 146. The number of halogens is 1. The molecule has 0 unspecified atom stereocenters. The largest absolute Gasteiger partial charge is 0.239 e. The molecule has 0 aromatic heterocycles. The van der Waals surface area contributed by atoms with Gasteiger partial charge in [-0.15, -0.1) is 0 Å². The zero-order chi connectivity index (χ0) is 5.82. The predicted molar refractivity (Wildman–Crippen MR) is 29.8 cm³/mol. The molecule has 2 radical (unpaired) electrons. The predicted octanol–water partition coefficient (Wildman–Crippen LogP) is 1.97. The first-order valence-corrected chi connectivity index (χ1v) is 2.33. The average molecular weight is 108 g/mol. The van der Waals surface area contributed by atoms with E-state index < -0.39 is 0 Å². The van der Waals surface area contributed by atoms with E-state index in [1.54, 1.807) is 24.3 Å². The molecule has 1 aromatic rings. The number of benzene rings is 1. The minimum absolute atomic E-state index is 0.493. The van der Waals surface area contributed by atoms with Crippen LogP contribution in [0.2, 0.25) is 0 Å². The minimum Gasteiger partial charge on any atom is -0.239 e. The van der Waals surface area contributed by atoms with Crippen molar-refractivity contribution in [3.05, 3.63) is 42.6 Å². The van der Waals surface area contributed by atoms with Gasteiger partial charge in [0.15, 0.2) is 6.67 Å². The summed E-state index contributed by atoms with van der Waals surface area (Å²) in [6, 6.07) is 9.58. The van der Waals surface area contributed by atoms with E-state index in [1.807, 2.05) is 0 Å². The third kappa shape index (κ3) is 1.06. The zero-order valence-corrected chi connectivity index (χ0v) is 4.26. The Morgan fingerprint density at radius 1 is 1.50 bits per heavy atom. The van der Waals surface area contributed by atoms with Gasteiger partial charge < -0.3 is 0 Å². The van der Waals surface area contributed by atoms with Gasteiger partial charge in [-0.2, -0.15) is 0 Å². The molecule has 0 fully saturated rings. The summed E-state index contributed by atoms with van der Waals surface area (Å²) >= 11 is 0. The summed E-state index contributed by atoms with van der Waals surface area (Å²) in [5, 5.41) is 0. The Balaban J connectivity index is 2.83. The molecule has 0 aliphatic heterocycles. The van der Waals surface area contributed by atoms with Gasteiger partial charge in [0, 0.05) is 0 Å². The van der Waals surface area contributed by atoms with Crippen LogP contribution in [0.3, 0.4) is 0 Å². The molecule has 0 N–H and O–H groups in total. The number of hydrogen-bond donors (Lipinski definition) is 0. The monoisotopic (exact) mass is 108 g/mol. The smallest absolute Gasteiger partial charge is 0.161 e. The molecule has 8 heavy (non-hydrogen) atoms. The second-order valence-corrected chi connectivity index (χ2v) is 1.43. The van der Waals surface area contributed by atoms with Crippen LogP contribution >= 0.6 is 0 Å². The van der Waals surface area contributed by atoms with E-state index in [2.05, 4.69) is 6.07 Å². The van der Waals surface area contributed by atoms with Crippen LogP contribution in [-0.2, 0) is 0 Å². The van der Waals surface area contributed by atoms with Gasteiger partial charge in [0.2, 0.25) is 0 Å². The van der Waals surface area contributed by atoms with E-state index in [0.717, 1.165) is 0 Å². The van der Waals surface area contributed by atoms with E-state index in [9.17, 15) is 4.39 Å². The van der Waals surface area contributed by atoms with E-state index in [-0.39, 0.29) is 0 Å². The van der Waals surface area contributed by atoms with Crippen molar-refractivity contribution in [1.82, 2.24) is 0 Å². The summed E-state index contributed by atoms with van der Waals surface area (Å²) in [7, 11) is 0. The Labute approximate surface area is 48.0 Å². The van der Waals surface area contributed by atoms with Gasteiger partial charge in [-0.25, -0.2) is 4.39 Å². The van der Waals surface area contributed by atoms with Gasteiger partial charge in [0.05, 0.1) is 0 Å². The SMILES string of the molecule is F[CH]c1[c]cccc1. The average Bonchev–Trinajstić information content (AvgIpc) is 1.90. The Kier molecular flexibility index (Phi) is 1.62. The molecule has 1 heteroatoms. The third-order valence-corrected chi connectivity index (χ3v) is 0.851. The number of hydrogen-bond acceptors (Lipinski definition) is 0. The minimum atomic E-state index is 0.493. The van der Waals surface area contributed by atoms with Gasteiger partial charge in [0.1, 0.15) is 0 Å². The number of rotatable bonds is 1. The van der Waals surface area contributed by atoms with Gasteiger partial charge >= 0.3 is 0 Å². The molecule has 0 spiro atoms. The maximum absolute atomic E-state index is 11.6. The molecular weight excluding hydrogens is 103 g/mol. The first-order valence-electron chi connectivity index (χ1n) is 2.33. The lowest BCUT2D eigenvalue weighted by atomic mass is 10.2. The Morgan fingerprint density at radius 3 is 2.75 bits per heavy atom. The van der Waals surface area contributed by atoms with Gasteiger partial charge in [-0.1, -0.05) is 24.3 Å². The molecule has 0 atom stereocenters. The summed E-state index contributed by atoms with van der Waals surface area (Å²) < 4.78 is 11.6. The van der Waals surface area contributed by atoms with Crippen molar-refractivity contribution in [3.8, 4) is 0 Å². The van der Waals surface area contributed by atoms with Crippen LogP contribution in [0.15, 0.2) is 24.3 Å². The van der Waals surface area contributed by atoms with Crippen LogP contribution in [-0.4, -0.2) is 0 Å². The summed E-state index contributed by atoms with van der Waals surface area (Å²) in [5.41, 5.74) is 0.493. The molecule has 0 saturated heterocycles. The molecule has 0 saturated carbocycles. The highest BCUT2D eigenvalue weighted by atomic mass is 19.1. The summed E-state index contributed by atoms with van der Waals surface area (Å²) in [6.07, 6.45) is 0. The van der Waals surface area contributed by atoms with Crippen LogP contribution in [0.1, 0.15) is 5.56 Å². The van der Waals surface area contributed by atoms with Crippen LogP contribution < -0.4 is 0 Å². The second kappa shape index (κ2) is 2.46. The summed E-state index contributed by atoms with van der Waals surface area (Å²) in [5.74, 6) is 0. The molecular formula is C7H5F. The lowest BCUT2D eigenvalue weighted by molar-refractivity contribution is 0.646. The molecule has 0 aliphatic rings. The first kappa shape index (κ1) is 5.29. The molecule has 0 amide bonds. The van der Waals surface area contributed by atoms with Crippen LogP contribution in [0.4, 0.5) is 4.39 Å². The normalized spacial score (nSPS) is 9.12. The molecule has 1 rings (SSSR count). The van der Waals surface area contributed by atoms with Gasteiger partial charge in [-0.3, -0.25) is 0 Å². The maximum Gasteiger partial charge on any atom is 0.161 e. The fourth-order valence-electron chi connectivity index (χ4n) is 0.475. The highest BCUT2D eigenvalue weighted by Gasteiger charge is 1.85. The molecule has 40 valence electrons. The van der Waals surface area contributed by atoms with Crippen molar-refractivity contribution >= 4 is 0 Å². The van der Waals surface area contributed by atoms with Gasteiger partial charge in [-0.05, 0) is 11.6 Å². The molecule has 0 aliphatic carbocycles. The lowest BCUT2D eigenvalue weighted by Gasteiger charge is -1.85. The molecule has 0 heterocycles. The van der Waals surface area contributed by atoms with Crippen LogP contribution in [0.5, 0.6) is 0 Å². The maximum atomic E-state index is 11.6. The quantitative estimate of drug-likeness (QED) is 0.516. The Morgan fingerprint density at radius 2 is 2.38 bits per heavy atom. The van der Waals surface area contributed by atoms with Crippen LogP contribution in [0.25, 0.3) is 0 Å². The third-order valence-electron chi connectivity index (χ3n) is 0.851. The highest BCUT2D eigenvalue weighted by Crippen LogP contribution is 1.99. The summed E-state index contributed by atoms with van der Waals surface area (Å²) in [6.45, 7) is 0.528. The molecule has 0 bridgehead atoms. The van der Waals surface area contributed by atoms with Crippen molar-refractivity contribution in [2.24, 2.45) is 0 Å². The summed E-state index contributed by atoms with van der Waals surface area (Å²) in [4.78, 5) is 0. The molecule has 1 aromatic carbocycles. The van der Waals surface area contributed by atoms with Crippen molar-refractivity contribution in [1.29, 1.82) is 0 Å². The first-order chi connectivity index (χ1) is 3.93. The van der Waals surface area contributed by atoms with Crippen molar-refractivity contribution in [2.75, 3.05) is 0 Å². The second-order valence-electron chi connectivity index (χ2n) is 1.43. The van der Waals surface area contributed by atoms with E-state index in [1.165, 1.54) is 0 Å². The standard InChI is InChI=1S/C7H5F/c8-6-7-4-2-1-3-5-7/h1-4,6H. The lowest BCUT2D eigenvalue weighted by Crippen LogP contribution is -1.70. The van der Waals surface area contributed by atoms with Gasteiger partial charge in [0.25, 0.3) is 0 Å². The van der Waals surface area contributed by atoms with E-state index in [0.29, 0.717) is 12.2 Å². The fraction of sp³-hybridized carbons (Fsp3) is 0. The zero-order valence-electron chi connectivity index (χ0n) is 4.26. The van der Waals surface area contributed by atoms with Crippen LogP contribution in [0, 0.1) is 12.7 Å². The Hall–Kier alpha value is -0.850. The van der Waals surface area contributed by atoms with Crippen molar-refractivity contribution in [3.63, 3.8) is 0 Å². The fourth-order valence-corrected chi connectivity index (χ4v) is 0.475. The molecule has 0 nitrogen and oxygen atoms in total. The highest BCUT2D eigenvalue weighted by molar-refractivity contribution is 5.17. The van der Waals surface area contributed by atoms with Crippen molar-refractivity contribution in [2.45, 2.75) is 0 Å². The van der Waals surface area contributed by atoms with Crippen molar-refractivity contribution < 1.29 is 4.39 Å². The topological polar surface area (TPSA) is 0 Å².